The Morgan fingerprint density at radius 2 is 1.79 bits per heavy atom. The van der Waals surface area contributed by atoms with E-state index >= 15 is 0 Å². The van der Waals surface area contributed by atoms with Gasteiger partial charge in [-0.25, -0.2) is 19.1 Å². The molecule has 1 aromatic heterocycles. The molecular formula is C22H24Cl2N4O5. The van der Waals surface area contributed by atoms with Gasteiger partial charge in [-0.3, -0.25) is 9.55 Å². The first-order valence-electron chi connectivity index (χ1n) is 10.2. The fraction of sp³-hybridized carbons (Fsp3) is 0.318. The maximum atomic E-state index is 13.1. The minimum Gasteiger partial charge on any atom is -0.489 e. The summed E-state index contributed by atoms with van der Waals surface area (Å²) in [6, 6.07) is 11.7. The highest BCUT2D eigenvalue weighted by Crippen LogP contribution is 2.29. The van der Waals surface area contributed by atoms with Crippen molar-refractivity contribution in [2.75, 3.05) is 6.61 Å². The minimum absolute atomic E-state index is 0.0108. The Hall–Kier alpha value is -2.85. The van der Waals surface area contributed by atoms with Crippen molar-refractivity contribution < 1.29 is 14.9 Å². The van der Waals surface area contributed by atoms with Gasteiger partial charge in [0.25, 0.3) is 0 Å². The molecule has 0 unspecified atom stereocenters. The highest BCUT2D eigenvalue weighted by Gasteiger charge is 2.14. The second kappa shape index (κ2) is 10.8. The van der Waals surface area contributed by atoms with E-state index in [2.05, 4.69) is 9.98 Å². The molecule has 176 valence electrons. The van der Waals surface area contributed by atoms with Crippen LogP contribution < -0.4 is 21.7 Å². The maximum Gasteiger partial charge on any atom is 0.335 e. The second-order valence-corrected chi connectivity index (χ2v) is 8.43. The third-order valence-corrected chi connectivity index (χ3v) is 5.10. The molecule has 0 aliphatic carbocycles. The molecule has 9 nitrogen and oxygen atoms in total. The molecular weight excluding hydrogens is 471 g/mol. The summed E-state index contributed by atoms with van der Waals surface area (Å²) in [5, 5.41) is 19.7. The van der Waals surface area contributed by atoms with Gasteiger partial charge in [-0.2, -0.15) is 0 Å². The van der Waals surface area contributed by atoms with Crippen molar-refractivity contribution in [2.24, 2.45) is 4.99 Å². The number of aliphatic hydroxyl groups excluding tert-OH is 2. The standard InChI is InChI=1S/C22H24Cl2N4O5/c1-13(2)33-19-8-7-16(9-18(19)24)25-20-26-21(31)28(11-17(30)12-29)22(32)27(20)10-14-3-5-15(23)6-4-14/h3-9,13,17,29-30H,10-12H2,1-2H3,(H,25,26,31)/t17-/m1/s1. The number of aliphatic hydroxyl groups is 2. The number of rotatable bonds is 8. The maximum absolute atomic E-state index is 13.1. The number of H-pyrrole nitrogens is 1. The molecule has 0 spiro atoms. The Kier molecular flexibility index (Phi) is 8.15. The molecule has 0 bridgehead atoms. The van der Waals surface area contributed by atoms with Gasteiger partial charge in [-0.05, 0) is 49.7 Å². The highest BCUT2D eigenvalue weighted by molar-refractivity contribution is 6.32. The number of ether oxygens (including phenoxy) is 1. The zero-order valence-corrected chi connectivity index (χ0v) is 19.5. The fourth-order valence-corrected chi connectivity index (χ4v) is 3.36. The van der Waals surface area contributed by atoms with Crippen molar-refractivity contribution in [1.29, 1.82) is 0 Å². The molecule has 0 fully saturated rings. The number of benzene rings is 2. The van der Waals surface area contributed by atoms with E-state index in [0.29, 0.717) is 21.5 Å². The molecule has 0 radical (unpaired) electrons. The summed E-state index contributed by atoms with van der Waals surface area (Å²) in [5.41, 5.74) is -0.360. The Balaban J connectivity index is 2.15. The lowest BCUT2D eigenvalue weighted by atomic mass is 10.2. The molecule has 0 aliphatic rings. The van der Waals surface area contributed by atoms with Gasteiger partial charge in [0.1, 0.15) is 5.75 Å². The van der Waals surface area contributed by atoms with Crippen LogP contribution >= 0.6 is 23.2 Å². The van der Waals surface area contributed by atoms with E-state index in [9.17, 15) is 14.7 Å². The van der Waals surface area contributed by atoms with Crippen LogP contribution in [0.3, 0.4) is 0 Å². The summed E-state index contributed by atoms with van der Waals surface area (Å²) < 4.78 is 7.68. The molecule has 0 saturated heterocycles. The molecule has 0 saturated carbocycles. The molecule has 3 aromatic rings. The normalized spacial score (nSPS) is 12.9. The number of hydrogen-bond donors (Lipinski definition) is 3. The Bertz CT molecular complexity index is 1300. The topological polar surface area (TPSA) is 122 Å². The van der Waals surface area contributed by atoms with E-state index in [1.807, 2.05) is 13.8 Å². The first-order chi connectivity index (χ1) is 15.7. The molecule has 0 amide bonds. The molecule has 2 aromatic carbocycles. The quantitative estimate of drug-likeness (QED) is 0.442. The van der Waals surface area contributed by atoms with Crippen molar-refractivity contribution >= 4 is 28.9 Å². The van der Waals surface area contributed by atoms with Gasteiger partial charge in [-0.15, -0.1) is 0 Å². The van der Waals surface area contributed by atoms with Gasteiger partial charge in [0.05, 0.1) is 42.6 Å². The minimum atomic E-state index is -1.28. The lowest BCUT2D eigenvalue weighted by Crippen LogP contribution is -2.51. The van der Waals surface area contributed by atoms with E-state index in [-0.39, 0.29) is 24.8 Å². The van der Waals surface area contributed by atoms with Crippen molar-refractivity contribution in [3.8, 4) is 5.75 Å². The van der Waals surface area contributed by atoms with Gasteiger partial charge < -0.3 is 14.9 Å². The Morgan fingerprint density at radius 3 is 2.39 bits per heavy atom. The van der Waals surface area contributed by atoms with Crippen LogP contribution in [0.1, 0.15) is 19.4 Å². The predicted molar refractivity (Wildman–Crippen MR) is 125 cm³/mol. The zero-order valence-electron chi connectivity index (χ0n) is 18.0. The fourth-order valence-electron chi connectivity index (χ4n) is 3.02. The van der Waals surface area contributed by atoms with E-state index < -0.39 is 24.1 Å². The van der Waals surface area contributed by atoms with Crippen LogP contribution in [0.5, 0.6) is 5.75 Å². The summed E-state index contributed by atoms with van der Waals surface area (Å²) in [4.78, 5) is 32.7. The summed E-state index contributed by atoms with van der Waals surface area (Å²) >= 11 is 12.2. The molecule has 33 heavy (non-hydrogen) atoms. The lowest BCUT2D eigenvalue weighted by Gasteiger charge is -2.13. The molecule has 1 atom stereocenters. The van der Waals surface area contributed by atoms with Crippen LogP contribution in [-0.4, -0.2) is 43.1 Å². The van der Waals surface area contributed by atoms with Gasteiger partial charge in [-0.1, -0.05) is 35.3 Å². The summed E-state index contributed by atoms with van der Waals surface area (Å²) in [7, 11) is 0. The number of nitrogens with zero attached hydrogens (tertiary/aromatic N) is 3. The van der Waals surface area contributed by atoms with Crippen LogP contribution in [0.25, 0.3) is 0 Å². The Morgan fingerprint density at radius 1 is 1.09 bits per heavy atom. The van der Waals surface area contributed by atoms with Crippen molar-refractivity contribution in [1.82, 2.24) is 14.1 Å². The summed E-state index contributed by atoms with van der Waals surface area (Å²) in [5.74, 6) is 0.488. The predicted octanol–water partition coefficient (Wildman–Crippen LogP) is 2.07. The van der Waals surface area contributed by atoms with E-state index in [1.165, 1.54) is 4.57 Å². The van der Waals surface area contributed by atoms with Crippen molar-refractivity contribution in [2.45, 2.75) is 39.1 Å². The Labute approximate surface area is 199 Å². The summed E-state index contributed by atoms with van der Waals surface area (Å²) in [6.07, 6.45) is -1.34. The van der Waals surface area contributed by atoms with Gasteiger partial charge >= 0.3 is 11.4 Å². The van der Waals surface area contributed by atoms with E-state index in [0.717, 1.165) is 10.1 Å². The van der Waals surface area contributed by atoms with Gasteiger partial charge in [0.15, 0.2) is 0 Å². The number of aromatic amines is 1. The van der Waals surface area contributed by atoms with E-state index in [4.69, 9.17) is 33.0 Å². The van der Waals surface area contributed by atoms with E-state index in [1.54, 1.807) is 42.5 Å². The number of halogens is 2. The van der Waals surface area contributed by atoms with Gasteiger partial charge in [0.2, 0.25) is 5.62 Å². The second-order valence-electron chi connectivity index (χ2n) is 7.59. The monoisotopic (exact) mass is 494 g/mol. The zero-order chi connectivity index (χ0) is 24.1. The molecule has 3 rings (SSSR count). The van der Waals surface area contributed by atoms with Crippen LogP contribution in [0.4, 0.5) is 5.69 Å². The third-order valence-electron chi connectivity index (χ3n) is 4.55. The van der Waals surface area contributed by atoms with Crippen LogP contribution in [0.2, 0.25) is 10.0 Å². The lowest BCUT2D eigenvalue weighted by molar-refractivity contribution is 0.0783. The van der Waals surface area contributed by atoms with Crippen LogP contribution in [0.15, 0.2) is 57.0 Å². The molecule has 1 heterocycles. The smallest absolute Gasteiger partial charge is 0.335 e. The van der Waals surface area contributed by atoms with Gasteiger partial charge in [0, 0.05) is 5.02 Å². The molecule has 0 aliphatic heterocycles. The number of aromatic nitrogens is 3. The van der Waals surface area contributed by atoms with Crippen molar-refractivity contribution in [3.63, 3.8) is 0 Å². The van der Waals surface area contributed by atoms with Crippen LogP contribution in [-0.2, 0) is 13.1 Å². The first-order valence-corrected chi connectivity index (χ1v) is 10.9. The SMILES string of the molecule is CC(C)Oc1ccc(/N=c2/[nH]c(=O)n(C[C@@H](O)CO)c(=O)n2Cc2ccc(Cl)cc2)cc1Cl. The third kappa shape index (κ3) is 6.35. The molecule has 3 N–H and O–H groups in total. The molecule has 11 heteroatoms. The highest BCUT2D eigenvalue weighted by atomic mass is 35.5. The number of nitrogens with one attached hydrogen (secondary N) is 1. The average Bonchev–Trinajstić information content (AvgIpc) is 2.76. The van der Waals surface area contributed by atoms with Crippen molar-refractivity contribution in [3.05, 3.63) is 84.7 Å². The van der Waals surface area contributed by atoms with Crippen LogP contribution in [0, 0.1) is 0 Å². The average molecular weight is 495 g/mol. The summed E-state index contributed by atoms with van der Waals surface area (Å²) in [6.45, 7) is 2.85. The first kappa shape index (κ1) is 24.8. The largest absolute Gasteiger partial charge is 0.489 e. The number of hydrogen-bond acceptors (Lipinski definition) is 6.